The lowest BCUT2D eigenvalue weighted by Gasteiger charge is -2.44. The lowest BCUT2D eigenvalue weighted by Crippen LogP contribution is -2.36. The quantitative estimate of drug-likeness (QED) is 0.0453. The summed E-state index contributed by atoms with van der Waals surface area (Å²) in [5.74, 6) is 8.04. The summed E-state index contributed by atoms with van der Waals surface area (Å²) in [5, 5.41) is 0. The number of carbonyl (C=O) groups is 2. The zero-order chi connectivity index (χ0) is 65.3. The van der Waals surface area contributed by atoms with Crippen LogP contribution in [-0.4, -0.2) is 62.6 Å². The molecule has 0 N–H and O–H groups in total. The van der Waals surface area contributed by atoms with Gasteiger partial charge in [-0.2, -0.15) is 0 Å². The van der Waals surface area contributed by atoms with Crippen molar-refractivity contribution < 1.29 is 9.59 Å². The largest absolute Gasteiger partial charge is 0.309 e. The molecule has 0 heterocycles. The van der Waals surface area contributed by atoms with Gasteiger partial charge in [-0.05, 0) is 271 Å². The molecule has 0 saturated heterocycles. The average molecular weight is 1290 g/mol. The molecule has 6 saturated carbocycles. The molecule has 0 aromatic carbocycles. The van der Waals surface area contributed by atoms with E-state index in [-0.39, 0.29) is 34.1 Å². The summed E-state index contributed by atoms with van der Waals surface area (Å²) in [7, 11) is 8.62. The summed E-state index contributed by atoms with van der Waals surface area (Å²) in [5.41, 5.74) is 9.63. The Labute approximate surface area is 581 Å². The number of ketones is 2. The van der Waals surface area contributed by atoms with Gasteiger partial charge in [-0.1, -0.05) is 258 Å². The number of nitrogens with zero attached hydrogens (tertiary/aromatic N) is 2. The maximum Gasteiger partial charge on any atom is 0.136 e. The lowest BCUT2D eigenvalue weighted by molar-refractivity contribution is -0.124. The van der Waals surface area contributed by atoms with E-state index >= 15 is 0 Å². The minimum atomic E-state index is 0. The van der Waals surface area contributed by atoms with E-state index in [4.69, 9.17) is 0 Å². The Kier molecular flexibility index (Phi) is 43.8. The Hall–Kier alpha value is -2.82. The van der Waals surface area contributed by atoms with E-state index in [9.17, 15) is 9.59 Å². The molecule has 6 rings (SSSR count). The SMILES string of the molecule is C.C.C.C=C1CC[C@H](C(=O)CCCCCC/C=C/C/C=C\CCCCCN(C)C)C/C1=C\C=C1/CCC[C@@]2(C)C1CC[C@@H]2[C@H](C)CCCC(C)C.C=C1CC[C@H](C(=O)CCCCCCCCCCN(C)C)C/C1=C\C=C1/CCC[C@@]2(C)C1CC[C@@H]2[C@H](C)CCCC(C)C. The molecule has 0 aromatic heterocycles. The van der Waals surface area contributed by atoms with Crippen LogP contribution in [-0.2, 0) is 9.59 Å². The molecule has 4 heteroatoms. The molecular formula is C89H158N2O2. The molecule has 2 unspecified atom stereocenters. The van der Waals surface area contributed by atoms with Crippen molar-refractivity contribution in [3.63, 3.8) is 0 Å². The van der Waals surface area contributed by atoms with Gasteiger partial charge in [0.2, 0.25) is 0 Å². The third-order valence-electron chi connectivity index (χ3n) is 24.1. The minimum absolute atomic E-state index is 0. The van der Waals surface area contributed by atoms with Gasteiger partial charge in [0.1, 0.15) is 11.6 Å². The van der Waals surface area contributed by atoms with Crippen LogP contribution in [0.2, 0.25) is 0 Å². The van der Waals surface area contributed by atoms with Crippen LogP contribution in [0.1, 0.15) is 347 Å². The molecule has 6 aliphatic carbocycles. The number of hydrogen-bond acceptors (Lipinski definition) is 4. The normalized spacial score (nSPS) is 27.3. The molecule has 6 aliphatic rings. The predicted molar refractivity (Wildman–Crippen MR) is 415 cm³/mol. The highest BCUT2D eigenvalue weighted by molar-refractivity contribution is 5.82. The van der Waals surface area contributed by atoms with Crippen LogP contribution < -0.4 is 0 Å². The second kappa shape index (κ2) is 47.2. The van der Waals surface area contributed by atoms with Crippen molar-refractivity contribution in [1.82, 2.24) is 9.80 Å². The van der Waals surface area contributed by atoms with Gasteiger partial charge in [-0.15, -0.1) is 0 Å². The molecule has 93 heavy (non-hydrogen) atoms. The van der Waals surface area contributed by atoms with Crippen LogP contribution in [0.5, 0.6) is 0 Å². The van der Waals surface area contributed by atoms with Gasteiger partial charge in [0.25, 0.3) is 0 Å². The predicted octanol–water partition coefficient (Wildman–Crippen LogP) is 26.8. The van der Waals surface area contributed by atoms with Crippen LogP contribution in [0.15, 0.2) is 95.2 Å². The van der Waals surface area contributed by atoms with Crippen LogP contribution in [0.3, 0.4) is 0 Å². The molecule has 4 nitrogen and oxygen atoms in total. The van der Waals surface area contributed by atoms with E-state index in [1.165, 1.54) is 234 Å². The van der Waals surface area contributed by atoms with Gasteiger partial charge >= 0.3 is 0 Å². The first-order valence-electron chi connectivity index (χ1n) is 39.0. The Morgan fingerprint density at radius 3 is 1.20 bits per heavy atom. The first-order valence-corrected chi connectivity index (χ1v) is 39.0. The van der Waals surface area contributed by atoms with Gasteiger partial charge < -0.3 is 9.80 Å². The summed E-state index contributed by atoms with van der Waals surface area (Å²) >= 11 is 0. The molecular weight excluding hydrogens is 1130 g/mol. The van der Waals surface area contributed by atoms with Gasteiger partial charge in [-0.3, -0.25) is 9.59 Å². The van der Waals surface area contributed by atoms with Gasteiger partial charge in [-0.25, -0.2) is 0 Å². The summed E-state index contributed by atoms with van der Waals surface area (Å²) in [4.78, 5) is 30.9. The Morgan fingerprint density at radius 2 is 0.817 bits per heavy atom. The summed E-state index contributed by atoms with van der Waals surface area (Å²) in [6, 6.07) is 0. The third-order valence-corrected chi connectivity index (χ3v) is 24.1. The average Bonchev–Trinajstić information content (AvgIpc) is 1.65. The zero-order valence-electron chi connectivity index (χ0n) is 61.6. The van der Waals surface area contributed by atoms with E-state index in [2.05, 4.69) is 155 Å². The molecule has 0 aromatic rings. The molecule has 6 fully saturated rings. The van der Waals surface area contributed by atoms with E-state index in [1.807, 2.05) is 0 Å². The Balaban J connectivity index is 0.000000618. The molecule has 0 aliphatic heterocycles. The molecule has 536 valence electrons. The topological polar surface area (TPSA) is 40.6 Å². The standard InChI is InChI=1S/C46H77NO.C40H69NO.3CH4/c1-37(2)24-22-25-39(4)43-32-33-44-40(26-23-34-46(43,44)5)30-31-41-36-42(29-28-38(41)3)45(48)27-20-18-16-14-12-10-8-9-11-13-15-17-19-21-35-47(6)7;1-31(2)18-16-19-33(4)37-26-27-38-34(20-17-28-40(37,38)5)24-25-35-30-36(23-22-32(35)3)39(42)21-14-12-10-8-9-11-13-15-29-41(6)7;;;/h8,10-11,13,30-31,37,39,42-44H,3,9,12,14-29,32-36H2,1-2,4-7H3;24-25,31,33,36-38H,3,8-23,26-30H2,1-2,4-7H3;3*1H4/b10-8+,13-11-,40-30+,41-31+;34-24+,35-25+;;;/t39-,42+,43-,44?,46-;33-,36+,37-,38?,40-;;;/m11.../s1. The van der Waals surface area contributed by atoms with Crippen molar-refractivity contribution in [3.05, 3.63) is 95.2 Å². The van der Waals surface area contributed by atoms with Crippen LogP contribution in [0.25, 0.3) is 0 Å². The van der Waals surface area contributed by atoms with Gasteiger partial charge in [0.15, 0.2) is 0 Å². The van der Waals surface area contributed by atoms with E-state index in [0.717, 1.165) is 118 Å². The maximum atomic E-state index is 13.2. The molecule has 0 bridgehead atoms. The number of allylic oxidation sites excluding steroid dienone is 14. The number of hydrogen-bond donors (Lipinski definition) is 0. The minimum Gasteiger partial charge on any atom is -0.309 e. The summed E-state index contributed by atoms with van der Waals surface area (Å²) < 4.78 is 0. The van der Waals surface area contributed by atoms with Crippen molar-refractivity contribution in [2.45, 2.75) is 347 Å². The second-order valence-electron chi connectivity index (χ2n) is 32.8. The number of carbonyl (C=O) groups excluding carboxylic acids is 2. The van der Waals surface area contributed by atoms with Crippen LogP contribution in [0.4, 0.5) is 0 Å². The Morgan fingerprint density at radius 1 is 0.452 bits per heavy atom. The van der Waals surface area contributed by atoms with E-state index in [1.54, 1.807) is 11.1 Å². The summed E-state index contributed by atoms with van der Waals surface area (Å²) in [6.07, 6.45) is 70.8. The fraction of sp³-hybridized carbons (Fsp3) is 0.798. The molecule has 0 radical (unpaired) electrons. The Bertz CT molecular complexity index is 2280. The van der Waals surface area contributed by atoms with Crippen LogP contribution >= 0.6 is 0 Å². The number of fused-ring (bicyclic) bond motifs is 2. The maximum absolute atomic E-state index is 13.2. The van der Waals surface area contributed by atoms with Crippen molar-refractivity contribution in [1.29, 1.82) is 0 Å². The zero-order valence-corrected chi connectivity index (χ0v) is 61.6. The van der Waals surface area contributed by atoms with Crippen molar-refractivity contribution in [2.24, 2.45) is 70.0 Å². The summed E-state index contributed by atoms with van der Waals surface area (Å²) in [6.45, 7) is 31.1. The highest BCUT2D eigenvalue weighted by Crippen LogP contribution is 2.61. The lowest BCUT2D eigenvalue weighted by atomic mass is 9.60. The first-order chi connectivity index (χ1) is 43.2. The number of Topliss-reactive ketones (excluding diaryl/α,β-unsaturated/α-hetero) is 2. The molecule has 0 amide bonds. The van der Waals surface area contributed by atoms with Crippen molar-refractivity contribution in [3.8, 4) is 0 Å². The highest BCUT2D eigenvalue weighted by atomic mass is 16.1. The first kappa shape index (κ1) is 86.3. The number of rotatable bonds is 40. The third kappa shape index (κ3) is 30.5. The van der Waals surface area contributed by atoms with Gasteiger partial charge in [0, 0.05) is 24.7 Å². The van der Waals surface area contributed by atoms with E-state index < -0.39 is 0 Å². The highest BCUT2D eigenvalue weighted by Gasteiger charge is 2.52. The fourth-order valence-corrected chi connectivity index (χ4v) is 18.4. The number of unbranched alkanes of at least 4 members (excludes halogenated alkanes) is 14. The van der Waals surface area contributed by atoms with Gasteiger partial charge in [0.05, 0.1) is 0 Å². The van der Waals surface area contributed by atoms with Crippen LogP contribution in [0, 0.1) is 70.0 Å². The monoisotopic (exact) mass is 1290 g/mol. The molecule has 10 atom stereocenters. The smallest absolute Gasteiger partial charge is 0.136 e. The van der Waals surface area contributed by atoms with Crippen molar-refractivity contribution >= 4 is 11.6 Å². The van der Waals surface area contributed by atoms with Crippen molar-refractivity contribution in [2.75, 3.05) is 41.3 Å². The van der Waals surface area contributed by atoms with E-state index in [0.29, 0.717) is 22.4 Å². The fourth-order valence-electron chi connectivity index (χ4n) is 18.4. The molecule has 0 spiro atoms. The second-order valence-corrected chi connectivity index (χ2v) is 32.8.